The van der Waals surface area contributed by atoms with Gasteiger partial charge in [0.1, 0.15) is 5.82 Å². The fraction of sp³-hybridized carbons (Fsp3) is 0.357. The summed E-state index contributed by atoms with van der Waals surface area (Å²) < 4.78 is 0. The zero-order valence-corrected chi connectivity index (χ0v) is 11.9. The second-order valence-corrected chi connectivity index (χ2v) is 5.89. The van der Waals surface area contributed by atoms with Crippen LogP contribution in [0.5, 0.6) is 0 Å². The SMILES string of the molecule is Cc1nc([C@H]2CCCN2c2cccc(C(=O)O)n2)cs1. The third-order valence-electron chi connectivity index (χ3n) is 3.48. The highest BCUT2D eigenvalue weighted by atomic mass is 32.1. The van der Waals surface area contributed by atoms with E-state index in [1.54, 1.807) is 17.4 Å². The molecule has 0 spiro atoms. The van der Waals surface area contributed by atoms with E-state index in [0.29, 0.717) is 0 Å². The number of rotatable bonds is 3. The predicted octanol–water partition coefficient (Wildman–Crippen LogP) is 2.89. The van der Waals surface area contributed by atoms with E-state index >= 15 is 0 Å². The Morgan fingerprint density at radius 3 is 3.00 bits per heavy atom. The minimum atomic E-state index is -0.993. The predicted molar refractivity (Wildman–Crippen MR) is 77.4 cm³/mol. The Hall–Kier alpha value is -1.95. The van der Waals surface area contributed by atoms with Crippen molar-refractivity contribution in [1.82, 2.24) is 9.97 Å². The first-order chi connectivity index (χ1) is 9.65. The minimum absolute atomic E-state index is 0.0857. The molecular weight excluding hydrogens is 274 g/mol. The van der Waals surface area contributed by atoms with Gasteiger partial charge in [-0.2, -0.15) is 0 Å². The highest BCUT2D eigenvalue weighted by Gasteiger charge is 2.29. The summed E-state index contributed by atoms with van der Waals surface area (Å²) in [5.41, 5.74) is 1.15. The van der Waals surface area contributed by atoms with Crippen LogP contribution in [0.25, 0.3) is 0 Å². The van der Waals surface area contributed by atoms with Gasteiger partial charge in [0.05, 0.1) is 16.7 Å². The van der Waals surface area contributed by atoms with Gasteiger partial charge in [0, 0.05) is 11.9 Å². The molecule has 3 rings (SSSR count). The van der Waals surface area contributed by atoms with Crippen molar-refractivity contribution in [2.75, 3.05) is 11.4 Å². The Balaban J connectivity index is 1.92. The molecule has 1 saturated heterocycles. The maximum atomic E-state index is 11.0. The van der Waals surface area contributed by atoms with Crippen LogP contribution in [0.4, 0.5) is 5.82 Å². The first kappa shape index (κ1) is 13.1. The molecule has 104 valence electrons. The molecule has 0 radical (unpaired) electrons. The van der Waals surface area contributed by atoms with Crippen molar-refractivity contribution in [3.63, 3.8) is 0 Å². The van der Waals surface area contributed by atoms with Gasteiger partial charge in [0.25, 0.3) is 0 Å². The number of anilines is 1. The zero-order valence-electron chi connectivity index (χ0n) is 11.1. The molecular formula is C14H15N3O2S. The molecule has 1 aliphatic heterocycles. The smallest absolute Gasteiger partial charge is 0.354 e. The number of carboxylic acid groups (broad SMARTS) is 1. The lowest BCUT2D eigenvalue weighted by molar-refractivity contribution is 0.0690. The number of pyridine rings is 1. The zero-order chi connectivity index (χ0) is 14.1. The topological polar surface area (TPSA) is 66.3 Å². The number of hydrogen-bond donors (Lipinski definition) is 1. The van der Waals surface area contributed by atoms with E-state index in [1.807, 2.05) is 13.0 Å². The Kier molecular flexibility index (Phi) is 3.40. The van der Waals surface area contributed by atoms with Crippen LogP contribution < -0.4 is 4.90 Å². The summed E-state index contributed by atoms with van der Waals surface area (Å²) in [6, 6.07) is 5.33. The van der Waals surface area contributed by atoms with Crippen LogP contribution in [0, 0.1) is 6.92 Å². The van der Waals surface area contributed by atoms with Crippen LogP contribution in [-0.4, -0.2) is 27.6 Å². The van der Waals surface area contributed by atoms with Crippen LogP contribution >= 0.6 is 11.3 Å². The summed E-state index contributed by atoms with van der Waals surface area (Å²) in [4.78, 5) is 22.0. The second kappa shape index (κ2) is 5.20. The van der Waals surface area contributed by atoms with Crippen LogP contribution in [0.2, 0.25) is 0 Å². The molecule has 0 unspecified atom stereocenters. The number of aromatic nitrogens is 2. The van der Waals surface area contributed by atoms with Crippen molar-refractivity contribution in [3.05, 3.63) is 40.0 Å². The summed E-state index contributed by atoms with van der Waals surface area (Å²) in [6.07, 6.45) is 2.10. The number of aryl methyl sites for hydroxylation is 1. The average molecular weight is 289 g/mol. The van der Waals surface area contributed by atoms with Gasteiger partial charge in [0.15, 0.2) is 5.69 Å². The third-order valence-corrected chi connectivity index (χ3v) is 4.27. The molecule has 1 fully saturated rings. The summed E-state index contributed by atoms with van der Waals surface area (Å²) in [7, 11) is 0. The van der Waals surface area contributed by atoms with E-state index in [4.69, 9.17) is 5.11 Å². The molecule has 20 heavy (non-hydrogen) atoms. The van der Waals surface area contributed by atoms with Crippen molar-refractivity contribution >= 4 is 23.1 Å². The molecule has 0 amide bonds. The lowest BCUT2D eigenvalue weighted by Crippen LogP contribution is -2.24. The van der Waals surface area contributed by atoms with Crippen molar-refractivity contribution in [1.29, 1.82) is 0 Å². The largest absolute Gasteiger partial charge is 0.477 e. The average Bonchev–Trinajstić information content (AvgIpc) is 3.07. The van der Waals surface area contributed by atoms with Crippen LogP contribution in [0.1, 0.15) is 40.1 Å². The lowest BCUT2D eigenvalue weighted by Gasteiger charge is -2.24. The van der Waals surface area contributed by atoms with E-state index < -0.39 is 5.97 Å². The van der Waals surface area contributed by atoms with Crippen molar-refractivity contribution in [2.24, 2.45) is 0 Å². The molecule has 3 heterocycles. The van der Waals surface area contributed by atoms with Crippen molar-refractivity contribution < 1.29 is 9.90 Å². The van der Waals surface area contributed by atoms with Gasteiger partial charge in [-0.25, -0.2) is 14.8 Å². The highest BCUT2D eigenvalue weighted by molar-refractivity contribution is 7.09. The summed E-state index contributed by atoms with van der Waals surface area (Å²) in [5, 5.41) is 12.2. The number of nitrogens with zero attached hydrogens (tertiary/aromatic N) is 3. The van der Waals surface area contributed by atoms with Gasteiger partial charge in [-0.1, -0.05) is 6.07 Å². The van der Waals surface area contributed by atoms with E-state index in [2.05, 4.69) is 20.2 Å². The standard InChI is InChI=1S/C14H15N3O2S/c1-9-15-11(8-20-9)12-5-3-7-17(12)13-6-2-4-10(16-13)14(18)19/h2,4,6,8,12H,3,5,7H2,1H3,(H,18,19)/t12-/m1/s1. The first-order valence-corrected chi connectivity index (χ1v) is 7.42. The Morgan fingerprint density at radius 2 is 2.30 bits per heavy atom. The van der Waals surface area contributed by atoms with E-state index in [0.717, 1.165) is 35.9 Å². The van der Waals surface area contributed by atoms with Crippen LogP contribution in [0.3, 0.4) is 0 Å². The molecule has 0 aromatic carbocycles. The molecule has 6 heteroatoms. The molecule has 1 atom stereocenters. The molecule has 0 saturated carbocycles. The monoisotopic (exact) mass is 289 g/mol. The van der Waals surface area contributed by atoms with E-state index in [1.165, 1.54) is 6.07 Å². The van der Waals surface area contributed by atoms with Gasteiger partial charge in [-0.05, 0) is 31.9 Å². The van der Waals surface area contributed by atoms with Gasteiger partial charge in [0.2, 0.25) is 0 Å². The third kappa shape index (κ3) is 2.38. The molecule has 2 aromatic rings. The van der Waals surface area contributed by atoms with Gasteiger partial charge in [-0.3, -0.25) is 0 Å². The molecule has 5 nitrogen and oxygen atoms in total. The van der Waals surface area contributed by atoms with Crippen LogP contribution in [0.15, 0.2) is 23.6 Å². The second-order valence-electron chi connectivity index (χ2n) is 4.83. The van der Waals surface area contributed by atoms with Gasteiger partial charge in [-0.15, -0.1) is 11.3 Å². The van der Waals surface area contributed by atoms with Gasteiger partial charge >= 0.3 is 5.97 Å². The molecule has 1 N–H and O–H groups in total. The highest BCUT2D eigenvalue weighted by Crippen LogP contribution is 2.35. The Labute approximate surface area is 120 Å². The molecule has 1 aliphatic rings. The van der Waals surface area contributed by atoms with Crippen LogP contribution in [-0.2, 0) is 0 Å². The van der Waals surface area contributed by atoms with Crippen molar-refractivity contribution in [3.8, 4) is 0 Å². The summed E-state index contributed by atoms with van der Waals surface area (Å²) >= 11 is 1.64. The molecule has 0 bridgehead atoms. The maximum absolute atomic E-state index is 11.0. The number of thiazole rings is 1. The number of carbonyl (C=O) groups is 1. The number of carboxylic acids is 1. The normalized spacial score (nSPS) is 18.4. The number of aromatic carboxylic acids is 1. The fourth-order valence-electron chi connectivity index (χ4n) is 2.58. The summed E-state index contributed by atoms with van der Waals surface area (Å²) in [5.74, 6) is -0.273. The molecule has 2 aromatic heterocycles. The van der Waals surface area contributed by atoms with E-state index in [9.17, 15) is 4.79 Å². The van der Waals surface area contributed by atoms with E-state index in [-0.39, 0.29) is 11.7 Å². The maximum Gasteiger partial charge on any atom is 0.354 e. The van der Waals surface area contributed by atoms with Gasteiger partial charge < -0.3 is 10.0 Å². The van der Waals surface area contributed by atoms with Crippen molar-refractivity contribution in [2.45, 2.75) is 25.8 Å². The quantitative estimate of drug-likeness (QED) is 0.941. The lowest BCUT2D eigenvalue weighted by atomic mass is 10.1. The number of hydrogen-bond acceptors (Lipinski definition) is 5. The Morgan fingerprint density at radius 1 is 1.45 bits per heavy atom. The Bertz CT molecular complexity index is 641. The summed E-state index contributed by atoms with van der Waals surface area (Å²) in [6.45, 7) is 2.88. The fourth-order valence-corrected chi connectivity index (χ4v) is 3.24. The molecule has 0 aliphatic carbocycles. The minimum Gasteiger partial charge on any atom is -0.477 e. The first-order valence-electron chi connectivity index (χ1n) is 6.54.